The Balaban J connectivity index is 2.48. The Morgan fingerprint density at radius 1 is 0.897 bits per heavy atom. The van der Waals surface area contributed by atoms with E-state index in [2.05, 4.69) is 0 Å². The highest BCUT2D eigenvalue weighted by atomic mass is 32.2. The minimum atomic E-state index is -3.73. The van der Waals surface area contributed by atoms with Gasteiger partial charge in [0.05, 0.1) is 10.1 Å². The molecule has 0 bridgehead atoms. The molecule has 162 valence electrons. The molecule has 1 aromatic rings. The highest BCUT2D eigenvalue weighted by molar-refractivity contribution is 7.92. The lowest BCUT2D eigenvalue weighted by Crippen LogP contribution is -2.45. The number of rotatable bonds is 4. The standard InChI is InChI=1S/C22H32O6S/c1-15-13-22(18(23)27-20(2,3)4,19(24)28-21(5,6)7)14-17(15)29(25,26)16-11-9-8-10-12-16/h8-12,15,17H,13-14H2,1-7H3/t15-,17+/m1/s1. The van der Waals surface area contributed by atoms with Crippen molar-refractivity contribution in [2.24, 2.45) is 11.3 Å². The molecule has 0 radical (unpaired) electrons. The van der Waals surface area contributed by atoms with Crippen molar-refractivity contribution < 1.29 is 27.5 Å². The zero-order valence-corrected chi connectivity index (χ0v) is 19.1. The van der Waals surface area contributed by atoms with E-state index in [0.29, 0.717) is 0 Å². The number of hydrogen-bond donors (Lipinski definition) is 0. The molecule has 0 aromatic heterocycles. The van der Waals surface area contributed by atoms with E-state index in [-0.39, 0.29) is 17.7 Å². The van der Waals surface area contributed by atoms with Crippen molar-refractivity contribution in [3.05, 3.63) is 30.3 Å². The summed E-state index contributed by atoms with van der Waals surface area (Å²) in [6.45, 7) is 12.0. The summed E-state index contributed by atoms with van der Waals surface area (Å²) in [6.07, 6.45) is -0.0945. The van der Waals surface area contributed by atoms with Gasteiger partial charge in [0.25, 0.3) is 0 Å². The first-order chi connectivity index (χ1) is 13.1. The van der Waals surface area contributed by atoms with Gasteiger partial charge in [-0.05, 0) is 72.4 Å². The normalized spacial score (nSPS) is 22.2. The number of hydrogen-bond acceptors (Lipinski definition) is 6. The van der Waals surface area contributed by atoms with Crippen molar-refractivity contribution in [2.75, 3.05) is 0 Å². The van der Waals surface area contributed by atoms with Crippen molar-refractivity contribution >= 4 is 21.8 Å². The van der Waals surface area contributed by atoms with Crippen LogP contribution < -0.4 is 0 Å². The van der Waals surface area contributed by atoms with Crippen molar-refractivity contribution in [3.63, 3.8) is 0 Å². The van der Waals surface area contributed by atoms with E-state index in [1.807, 2.05) is 0 Å². The third kappa shape index (κ3) is 5.18. The van der Waals surface area contributed by atoms with Crippen molar-refractivity contribution in [3.8, 4) is 0 Å². The van der Waals surface area contributed by atoms with Crippen molar-refractivity contribution in [1.82, 2.24) is 0 Å². The largest absolute Gasteiger partial charge is 0.459 e. The second-order valence-corrected chi connectivity index (χ2v) is 12.0. The minimum absolute atomic E-state index is 0.0631. The Hall–Kier alpha value is -1.89. The maximum Gasteiger partial charge on any atom is 0.324 e. The van der Waals surface area contributed by atoms with Crippen LogP contribution >= 0.6 is 0 Å². The van der Waals surface area contributed by atoms with Gasteiger partial charge in [-0.3, -0.25) is 9.59 Å². The van der Waals surface area contributed by atoms with E-state index < -0.39 is 49.6 Å². The van der Waals surface area contributed by atoms with Crippen LogP contribution in [0.4, 0.5) is 0 Å². The lowest BCUT2D eigenvalue weighted by Gasteiger charge is -2.32. The van der Waals surface area contributed by atoms with Gasteiger partial charge in [0.1, 0.15) is 11.2 Å². The molecule has 1 aliphatic carbocycles. The summed E-state index contributed by atoms with van der Waals surface area (Å²) in [6, 6.07) is 8.11. The van der Waals surface area contributed by atoms with Crippen LogP contribution in [0, 0.1) is 11.3 Å². The van der Waals surface area contributed by atoms with Gasteiger partial charge < -0.3 is 9.47 Å². The summed E-state index contributed by atoms with van der Waals surface area (Å²) in [5.74, 6) is -1.87. The first kappa shape index (κ1) is 23.4. The zero-order chi connectivity index (χ0) is 22.3. The lowest BCUT2D eigenvalue weighted by atomic mass is 9.85. The molecule has 1 aliphatic rings. The molecule has 7 heteroatoms. The fourth-order valence-electron chi connectivity index (χ4n) is 3.68. The third-order valence-corrected chi connectivity index (χ3v) is 7.26. The number of esters is 2. The van der Waals surface area contributed by atoms with Crippen molar-refractivity contribution in [1.29, 1.82) is 0 Å². The topological polar surface area (TPSA) is 86.7 Å². The molecule has 1 fully saturated rings. The lowest BCUT2D eigenvalue weighted by molar-refractivity contribution is -0.185. The fourth-order valence-corrected chi connectivity index (χ4v) is 5.78. The summed E-state index contributed by atoms with van der Waals surface area (Å²) >= 11 is 0. The van der Waals surface area contributed by atoms with Crippen LogP contribution in [0.25, 0.3) is 0 Å². The van der Waals surface area contributed by atoms with Gasteiger partial charge in [-0.2, -0.15) is 0 Å². The second-order valence-electron chi connectivity index (χ2n) is 9.87. The minimum Gasteiger partial charge on any atom is -0.459 e. The molecule has 6 nitrogen and oxygen atoms in total. The van der Waals surface area contributed by atoms with Gasteiger partial charge in [0, 0.05) is 0 Å². The molecule has 0 heterocycles. The number of carbonyl (C=O) groups is 2. The Morgan fingerprint density at radius 2 is 1.34 bits per heavy atom. The molecule has 0 saturated heterocycles. The molecule has 1 saturated carbocycles. The van der Waals surface area contributed by atoms with Gasteiger partial charge >= 0.3 is 11.9 Å². The Kier molecular flexibility index (Phi) is 6.25. The fraction of sp³-hybridized carbons (Fsp3) is 0.636. The SMILES string of the molecule is C[C@@H]1CC(C(=O)OC(C)(C)C)(C(=O)OC(C)(C)C)C[C@@H]1S(=O)(=O)c1ccccc1. The third-order valence-electron chi connectivity index (χ3n) is 4.90. The molecule has 0 amide bonds. The Morgan fingerprint density at radius 3 is 1.76 bits per heavy atom. The van der Waals surface area contributed by atoms with Gasteiger partial charge in [0.15, 0.2) is 15.3 Å². The summed E-state index contributed by atoms with van der Waals surface area (Å²) in [5, 5.41) is -0.884. The number of carbonyl (C=O) groups excluding carboxylic acids is 2. The van der Waals surface area contributed by atoms with E-state index in [9.17, 15) is 18.0 Å². The molecular weight excluding hydrogens is 392 g/mol. The quantitative estimate of drug-likeness (QED) is 0.538. The molecule has 0 unspecified atom stereocenters. The predicted molar refractivity (Wildman–Crippen MR) is 110 cm³/mol. The Bertz CT molecular complexity index is 831. The maximum absolute atomic E-state index is 13.2. The summed E-state index contributed by atoms with van der Waals surface area (Å²) in [4.78, 5) is 26.5. The molecule has 0 aliphatic heterocycles. The molecule has 2 rings (SSSR count). The Labute approximate surface area is 173 Å². The highest BCUT2D eigenvalue weighted by Gasteiger charge is 2.60. The van der Waals surface area contributed by atoms with E-state index in [0.717, 1.165) is 0 Å². The van der Waals surface area contributed by atoms with Crippen LogP contribution in [-0.4, -0.2) is 36.8 Å². The summed E-state index contributed by atoms with van der Waals surface area (Å²) in [7, 11) is -3.73. The summed E-state index contributed by atoms with van der Waals surface area (Å²) < 4.78 is 37.6. The predicted octanol–water partition coefficient (Wildman–Crippen LogP) is 3.93. The first-order valence-electron chi connectivity index (χ1n) is 9.84. The highest BCUT2D eigenvalue weighted by Crippen LogP contribution is 2.49. The van der Waals surface area contributed by atoms with E-state index >= 15 is 0 Å². The first-order valence-corrected chi connectivity index (χ1v) is 11.4. The van der Waals surface area contributed by atoms with Crippen molar-refractivity contribution in [2.45, 2.75) is 82.7 Å². The molecular formula is C22H32O6S. The zero-order valence-electron chi connectivity index (χ0n) is 18.3. The second kappa shape index (κ2) is 7.74. The molecule has 0 spiro atoms. The van der Waals surface area contributed by atoms with Gasteiger partial charge in [-0.1, -0.05) is 25.1 Å². The average molecular weight is 425 g/mol. The maximum atomic E-state index is 13.2. The van der Waals surface area contributed by atoms with E-state index in [1.54, 1.807) is 66.7 Å². The van der Waals surface area contributed by atoms with Gasteiger partial charge in [-0.25, -0.2) is 8.42 Å². The van der Waals surface area contributed by atoms with Crippen LogP contribution in [0.15, 0.2) is 35.2 Å². The molecule has 2 atom stereocenters. The monoisotopic (exact) mass is 424 g/mol. The van der Waals surface area contributed by atoms with Gasteiger partial charge in [-0.15, -0.1) is 0 Å². The van der Waals surface area contributed by atoms with Crippen LogP contribution in [-0.2, 0) is 28.9 Å². The average Bonchev–Trinajstić information content (AvgIpc) is 2.92. The number of benzene rings is 1. The summed E-state index contributed by atoms with van der Waals surface area (Å²) in [5.41, 5.74) is -3.27. The number of ether oxygens (including phenoxy) is 2. The van der Waals surface area contributed by atoms with Crippen LogP contribution in [0.2, 0.25) is 0 Å². The van der Waals surface area contributed by atoms with Gasteiger partial charge in [0.2, 0.25) is 0 Å². The van der Waals surface area contributed by atoms with E-state index in [1.165, 1.54) is 12.1 Å². The smallest absolute Gasteiger partial charge is 0.324 e. The van der Waals surface area contributed by atoms with Crippen LogP contribution in [0.5, 0.6) is 0 Å². The van der Waals surface area contributed by atoms with Crippen LogP contribution in [0.1, 0.15) is 61.3 Å². The van der Waals surface area contributed by atoms with Crippen LogP contribution in [0.3, 0.4) is 0 Å². The van der Waals surface area contributed by atoms with E-state index in [4.69, 9.17) is 9.47 Å². The molecule has 0 N–H and O–H groups in total. The molecule has 1 aromatic carbocycles. The number of sulfone groups is 1. The molecule has 29 heavy (non-hydrogen) atoms.